The standard InChI is InChI=1S/C21H22FN3O5/c1-14-12-15(7-8-18(14)25(28)29)21(27)24-10-3-6-19(24)20(26)23-9-11-30-17-5-2-4-16(22)13-17/h2,4-5,7-8,12-13,19H,3,6,9-11H2,1H3,(H,23,26). The van der Waals surface area contributed by atoms with Crippen molar-refractivity contribution in [2.75, 3.05) is 19.7 Å². The zero-order valence-electron chi connectivity index (χ0n) is 16.5. The molecule has 1 heterocycles. The van der Waals surface area contributed by atoms with Gasteiger partial charge in [-0.2, -0.15) is 0 Å². The number of nitro benzene ring substituents is 1. The molecule has 8 nitrogen and oxygen atoms in total. The summed E-state index contributed by atoms with van der Waals surface area (Å²) in [7, 11) is 0. The number of ether oxygens (including phenoxy) is 1. The second-order valence-electron chi connectivity index (χ2n) is 7.01. The predicted molar refractivity (Wildman–Crippen MR) is 107 cm³/mol. The number of likely N-dealkylation sites (tertiary alicyclic amines) is 1. The lowest BCUT2D eigenvalue weighted by Gasteiger charge is -2.24. The fourth-order valence-electron chi connectivity index (χ4n) is 3.46. The SMILES string of the molecule is Cc1cc(C(=O)N2CCCC2C(=O)NCCOc2cccc(F)c2)ccc1[N+](=O)[O-]. The van der Waals surface area contributed by atoms with Crippen LogP contribution in [0.15, 0.2) is 42.5 Å². The number of amides is 2. The summed E-state index contributed by atoms with van der Waals surface area (Å²) in [5.41, 5.74) is 0.647. The van der Waals surface area contributed by atoms with Gasteiger partial charge in [-0.15, -0.1) is 0 Å². The number of rotatable bonds is 7. The second-order valence-corrected chi connectivity index (χ2v) is 7.01. The van der Waals surface area contributed by atoms with Crippen molar-refractivity contribution >= 4 is 17.5 Å². The van der Waals surface area contributed by atoms with Gasteiger partial charge < -0.3 is 15.0 Å². The highest BCUT2D eigenvalue weighted by molar-refractivity contribution is 5.98. The van der Waals surface area contributed by atoms with Gasteiger partial charge in [0.25, 0.3) is 11.6 Å². The Morgan fingerprint density at radius 2 is 2.10 bits per heavy atom. The molecule has 2 amide bonds. The highest BCUT2D eigenvalue weighted by Gasteiger charge is 2.34. The summed E-state index contributed by atoms with van der Waals surface area (Å²) < 4.78 is 18.5. The van der Waals surface area contributed by atoms with E-state index >= 15 is 0 Å². The van der Waals surface area contributed by atoms with E-state index in [0.29, 0.717) is 36.3 Å². The van der Waals surface area contributed by atoms with Gasteiger partial charge in [-0.3, -0.25) is 19.7 Å². The number of hydrogen-bond donors (Lipinski definition) is 1. The summed E-state index contributed by atoms with van der Waals surface area (Å²) in [6, 6.07) is 9.30. The molecule has 1 saturated heterocycles. The quantitative estimate of drug-likeness (QED) is 0.426. The van der Waals surface area contributed by atoms with Crippen LogP contribution in [0.5, 0.6) is 5.75 Å². The van der Waals surface area contributed by atoms with Crippen molar-refractivity contribution < 1.29 is 23.6 Å². The van der Waals surface area contributed by atoms with Gasteiger partial charge >= 0.3 is 0 Å². The molecule has 1 unspecified atom stereocenters. The number of carbonyl (C=O) groups is 2. The van der Waals surface area contributed by atoms with Crippen LogP contribution in [0.1, 0.15) is 28.8 Å². The van der Waals surface area contributed by atoms with E-state index in [1.165, 1.54) is 41.3 Å². The normalized spacial score (nSPS) is 15.7. The zero-order chi connectivity index (χ0) is 21.7. The van der Waals surface area contributed by atoms with Crippen molar-refractivity contribution in [3.8, 4) is 5.75 Å². The van der Waals surface area contributed by atoms with E-state index in [4.69, 9.17) is 4.74 Å². The van der Waals surface area contributed by atoms with Crippen molar-refractivity contribution in [3.05, 3.63) is 69.5 Å². The smallest absolute Gasteiger partial charge is 0.272 e. The predicted octanol–water partition coefficient (Wildman–Crippen LogP) is 2.84. The molecule has 1 atom stereocenters. The minimum absolute atomic E-state index is 0.0550. The monoisotopic (exact) mass is 415 g/mol. The summed E-state index contributed by atoms with van der Waals surface area (Å²) in [5.74, 6) is -0.655. The van der Waals surface area contributed by atoms with Gasteiger partial charge in [0.1, 0.15) is 24.2 Å². The maximum Gasteiger partial charge on any atom is 0.272 e. The van der Waals surface area contributed by atoms with Crippen LogP contribution in [-0.4, -0.2) is 47.4 Å². The van der Waals surface area contributed by atoms with E-state index in [1.54, 1.807) is 13.0 Å². The Morgan fingerprint density at radius 3 is 2.80 bits per heavy atom. The molecule has 1 aliphatic heterocycles. The highest BCUT2D eigenvalue weighted by Crippen LogP contribution is 2.24. The Morgan fingerprint density at radius 1 is 1.30 bits per heavy atom. The molecule has 1 fully saturated rings. The number of aryl methyl sites for hydroxylation is 1. The van der Waals surface area contributed by atoms with Gasteiger partial charge in [-0.05, 0) is 44.0 Å². The molecule has 1 aliphatic rings. The molecule has 0 bridgehead atoms. The Bertz CT molecular complexity index is 965. The molecule has 1 N–H and O–H groups in total. The van der Waals surface area contributed by atoms with Crippen LogP contribution < -0.4 is 10.1 Å². The molecular weight excluding hydrogens is 393 g/mol. The fraction of sp³-hybridized carbons (Fsp3) is 0.333. The van der Waals surface area contributed by atoms with Crippen molar-refractivity contribution in [2.24, 2.45) is 0 Å². The topological polar surface area (TPSA) is 102 Å². The lowest BCUT2D eigenvalue weighted by Crippen LogP contribution is -2.46. The number of carbonyl (C=O) groups excluding carboxylic acids is 2. The Kier molecular flexibility index (Phi) is 6.61. The van der Waals surface area contributed by atoms with E-state index in [-0.39, 0.29) is 30.7 Å². The van der Waals surface area contributed by atoms with Gasteiger partial charge in [-0.1, -0.05) is 6.07 Å². The van der Waals surface area contributed by atoms with Crippen LogP contribution in [0.3, 0.4) is 0 Å². The Labute approximate surface area is 172 Å². The molecule has 158 valence electrons. The van der Waals surface area contributed by atoms with Crippen molar-refractivity contribution in [1.29, 1.82) is 0 Å². The average Bonchev–Trinajstić information content (AvgIpc) is 3.20. The minimum Gasteiger partial charge on any atom is -0.492 e. The highest BCUT2D eigenvalue weighted by atomic mass is 19.1. The molecule has 2 aromatic carbocycles. The van der Waals surface area contributed by atoms with Gasteiger partial charge in [-0.25, -0.2) is 4.39 Å². The Balaban J connectivity index is 1.56. The molecule has 0 saturated carbocycles. The largest absolute Gasteiger partial charge is 0.492 e. The molecule has 3 rings (SSSR count). The molecule has 30 heavy (non-hydrogen) atoms. The molecule has 2 aromatic rings. The van der Waals surface area contributed by atoms with Crippen LogP contribution in [0.4, 0.5) is 10.1 Å². The van der Waals surface area contributed by atoms with E-state index in [1.807, 2.05) is 0 Å². The number of benzene rings is 2. The number of nitrogens with zero attached hydrogens (tertiary/aromatic N) is 2. The Hall–Kier alpha value is -3.49. The lowest BCUT2D eigenvalue weighted by atomic mass is 10.1. The first kappa shape index (κ1) is 21.2. The molecule has 9 heteroatoms. The summed E-state index contributed by atoms with van der Waals surface area (Å²) in [6.45, 7) is 2.39. The second kappa shape index (κ2) is 9.34. The first-order valence-corrected chi connectivity index (χ1v) is 9.59. The summed E-state index contributed by atoms with van der Waals surface area (Å²) in [5, 5.41) is 13.7. The molecular formula is C21H22FN3O5. The zero-order valence-corrected chi connectivity index (χ0v) is 16.5. The van der Waals surface area contributed by atoms with E-state index in [9.17, 15) is 24.1 Å². The average molecular weight is 415 g/mol. The third kappa shape index (κ3) is 4.91. The number of halogens is 1. The maximum absolute atomic E-state index is 13.1. The van der Waals surface area contributed by atoms with E-state index < -0.39 is 16.8 Å². The van der Waals surface area contributed by atoms with Crippen LogP contribution in [0.2, 0.25) is 0 Å². The number of nitro groups is 1. The van der Waals surface area contributed by atoms with Gasteiger partial charge in [0.15, 0.2) is 0 Å². The third-order valence-electron chi connectivity index (χ3n) is 4.92. The van der Waals surface area contributed by atoms with Gasteiger partial charge in [0.2, 0.25) is 5.91 Å². The summed E-state index contributed by atoms with van der Waals surface area (Å²) in [6.07, 6.45) is 1.23. The minimum atomic E-state index is -0.609. The molecule has 0 spiro atoms. The van der Waals surface area contributed by atoms with Crippen LogP contribution >= 0.6 is 0 Å². The molecule has 0 aliphatic carbocycles. The van der Waals surface area contributed by atoms with Crippen molar-refractivity contribution in [1.82, 2.24) is 10.2 Å². The van der Waals surface area contributed by atoms with E-state index in [0.717, 1.165) is 0 Å². The van der Waals surface area contributed by atoms with Crippen molar-refractivity contribution in [3.63, 3.8) is 0 Å². The summed E-state index contributed by atoms with van der Waals surface area (Å²) >= 11 is 0. The van der Waals surface area contributed by atoms with Crippen LogP contribution in [-0.2, 0) is 4.79 Å². The maximum atomic E-state index is 13.1. The van der Waals surface area contributed by atoms with Crippen LogP contribution in [0, 0.1) is 22.9 Å². The molecule has 0 radical (unpaired) electrons. The van der Waals surface area contributed by atoms with Crippen molar-refractivity contribution in [2.45, 2.75) is 25.8 Å². The summed E-state index contributed by atoms with van der Waals surface area (Å²) in [4.78, 5) is 37.4. The lowest BCUT2D eigenvalue weighted by molar-refractivity contribution is -0.385. The van der Waals surface area contributed by atoms with Gasteiger partial charge in [0.05, 0.1) is 11.5 Å². The number of nitrogens with one attached hydrogen (secondary N) is 1. The van der Waals surface area contributed by atoms with E-state index in [2.05, 4.69) is 5.32 Å². The fourth-order valence-corrected chi connectivity index (χ4v) is 3.46. The first-order valence-electron chi connectivity index (χ1n) is 9.59. The van der Waals surface area contributed by atoms with Gasteiger partial charge in [0, 0.05) is 29.8 Å². The third-order valence-corrected chi connectivity index (χ3v) is 4.92. The molecule has 0 aromatic heterocycles. The van der Waals surface area contributed by atoms with Crippen LogP contribution in [0.25, 0.3) is 0 Å². The first-order chi connectivity index (χ1) is 14.4. The number of hydrogen-bond acceptors (Lipinski definition) is 5.